The van der Waals surface area contributed by atoms with Gasteiger partial charge in [-0.1, -0.05) is 0 Å². The van der Waals surface area contributed by atoms with Crippen molar-refractivity contribution in [1.82, 2.24) is 9.97 Å². The summed E-state index contributed by atoms with van der Waals surface area (Å²) in [5.41, 5.74) is 7.11. The Morgan fingerprint density at radius 3 is 2.40 bits per heavy atom. The van der Waals surface area contributed by atoms with Gasteiger partial charge < -0.3 is 11.1 Å². The largest absolute Gasteiger partial charge is 0.383 e. The lowest BCUT2D eigenvalue weighted by Gasteiger charge is -2.11. The van der Waals surface area contributed by atoms with Crippen molar-refractivity contribution in [1.29, 1.82) is 0 Å². The first-order valence-electron chi connectivity index (χ1n) is 6.25. The van der Waals surface area contributed by atoms with Gasteiger partial charge in [0.05, 0.1) is 0 Å². The van der Waals surface area contributed by atoms with Crippen LogP contribution in [0.1, 0.15) is 17.0 Å². The number of nitrogens with two attached hydrogens (primary N) is 1. The molecule has 1 aromatic carbocycles. The molecular weight excluding hydrogens is 262 g/mol. The molecule has 20 heavy (non-hydrogen) atoms. The second-order valence-corrected chi connectivity index (χ2v) is 4.58. The molecule has 0 amide bonds. The Bertz CT molecular complexity index is 609. The number of hydrogen-bond acceptors (Lipinski definition) is 4. The lowest BCUT2D eigenvalue weighted by Crippen LogP contribution is -2.11. The molecule has 0 aliphatic rings. The van der Waals surface area contributed by atoms with Crippen LogP contribution in [-0.4, -0.2) is 16.5 Å². The third kappa shape index (κ3) is 3.40. The van der Waals surface area contributed by atoms with Gasteiger partial charge in [0.2, 0.25) is 0 Å². The van der Waals surface area contributed by atoms with E-state index in [1.165, 1.54) is 12.1 Å². The first-order valence-corrected chi connectivity index (χ1v) is 6.25. The van der Waals surface area contributed by atoms with Gasteiger partial charge in [0.15, 0.2) is 0 Å². The number of halogens is 2. The summed E-state index contributed by atoms with van der Waals surface area (Å²) in [5.74, 6) is 0.507. The number of benzene rings is 1. The Labute approximate surface area is 116 Å². The predicted octanol–water partition coefficient (Wildman–Crippen LogP) is 2.61. The monoisotopic (exact) mass is 278 g/mol. The van der Waals surface area contributed by atoms with Gasteiger partial charge in [0.25, 0.3) is 0 Å². The number of anilines is 2. The molecule has 1 heterocycles. The van der Waals surface area contributed by atoms with Crippen molar-refractivity contribution in [2.45, 2.75) is 20.3 Å². The molecule has 0 bridgehead atoms. The fourth-order valence-electron chi connectivity index (χ4n) is 1.90. The number of nitrogens with zero attached hydrogens (tertiary/aromatic N) is 2. The van der Waals surface area contributed by atoms with Crippen molar-refractivity contribution in [2.75, 3.05) is 17.6 Å². The number of nitrogen functional groups attached to an aromatic ring is 1. The summed E-state index contributed by atoms with van der Waals surface area (Å²) in [7, 11) is 0. The molecule has 0 unspecified atom stereocenters. The molecular formula is C14H16F2N4. The van der Waals surface area contributed by atoms with Gasteiger partial charge in [-0.2, -0.15) is 0 Å². The minimum absolute atomic E-state index is 0.428. The molecule has 0 aliphatic heterocycles. The Hall–Kier alpha value is -2.24. The van der Waals surface area contributed by atoms with Gasteiger partial charge in [-0.3, -0.25) is 0 Å². The van der Waals surface area contributed by atoms with Crippen molar-refractivity contribution in [3.63, 3.8) is 0 Å². The molecule has 0 aliphatic carbocycles. The van der Waals surface area contributed by atoms with Crippen LogP contribution in [0.15, 0.2) is 18.2 Å². The lowest BCUT2D eigenvalue weighted by atomic mass is 10.1. The molecule has 106 valence electrons. The minimum Gasteiger partial charge on any atom is -0.383 e. The van der Waals surface area contributed by atoms with Gasteiger partial charge in [0.1, 0.15) is 29.1 Å². The molecule has 2 aromatic rings. The highest BCUT2D eigenvalue weighted by Gasteiger charge is 2.06. The zero-order valence-electron chi connectivity index (χ0n) is 11.4. The molecule has 0 spiro atoms. The van der Waals surface area contributed by atoms with Gasteiger partial charge in [0, 0.05) is 18.2 Å². The van der Waals surface area contributed by atoms with Crippen LogP contribution in [0.3, 0.4) is 0 Å². The van der Waals surface area contributed by atoms with E-state index in [9.17, 15) is 8.78 Å². The summed E-state index contributed by atoms with van der Waals surface area (Å²) in [6.07, 6.45) is 0.483. The summed E-state index contributed by atoms with van der Waals surface area (Å²) in [6, 6.07) is 3.49. The lowest BCUT2D eigenvalue weighted by molar-refractivity contribution is 0.580. The second-order valence-electron chi connectivity index (χ2n) is 4.58. The van der Waals surface area contributed by atoms with Crippen LogP contribution in [0.5, 0.6) is 0 Å². The standard InChI is InChI=1S/C14H16F2N4/c1-8-13(17)19-9(2)20-14(8)18-4-3-10-5-11(15)7-12(16)6-10/h5-7H,3-4H2,1-2H3,(H3,17,18,19,20). The Balaban J connectivity index is 2.03. The average molecular weight is 278 g/mol. The first-order chi connectivity index (χ1) is 9.45. The van der Waals surface area contributed by atoms with Gasteiger partial charge >= 0.3 is 0 Å². The minimum atomic E-state index is -0.571. The van der Waals surface area contributed by atoms with E-state index in [1.54, 1.807) is 6.92 Å². The summed E-state index contributed by atoms with van der Waals surface area (Å²) < 4.78 is 26.1. The number of hydrogen-bond donors (Lipinski definition) is 2. The predicted molar refractivity (Wildman–Crippen MR) is 74.5 cm³/mol. The van der Waals surface area contributed by atoms with Gasteiger partial charge in [-0.05, 0) is 38.0 Å². The van der Waals surface area contributed by atoms with E-state index in [2.05, 4.69) is 15.3 Å². The number of nitrogens with one attached hydrogen (secondary N) is 1. The molecule has 0 fully saturated rings. The van der Waals surface area contributed by atoms with E-state index in [0.717, 1.165) is 11.6 Å². The van der Waals surface area contributed by atoms with E-state index in [1.807, 2.05) is 6.92 Å². The average Bonchev–Trinajstić information content (AvgIpc) is 2.34. The maximum Gasteiger partial charge on any atom is 0.134 e. The normalized spacial score (nSPS) is 10.6. The van der Waals surface area contributed by atoms with Crippen molar-refractivity contribution < 1.29 is 8.78 Å². The van der Waals surface area contributed by atoms with E-state index >= 15 is 0 Å². The van der Waals surface area contributed by atoms with Crippen LogP contribution >= 0.6 is 0 Å². The van der Waals surface area contributed by atoms with Gasteiger partial charge in [-0.15, -0.1) is 0 Å². The summed E-state index contributed by atoms with van der Waals surface area (Å²) in [6.45, 7) is 4.07. The van der Waals surface area contributed by atoms with E-state index in [0.29, 0.717) is 36.0 Å². The summed E-state index contributed by atoms with van der Waals surface area (Å²) in [5, 5.41) is 3.11. The van der Waals surface area contributed by atoms with E-state index < -0.39 is 11.6 Å². The molecule has 3 N–H and O–H groups in total. The first kappa shape index (κ1) is 14.2. The molecule has 6 heteroatoms. The summed E-state index contributed by atoms with van der Waals surface area (Å²) >= 11 is 0. The SMILES string of the molecule is Cc1nc(N)c(C)c(NCCc2cc(F)cc(F)c2)n1. The smallest absolute Gasteiger partial charge is 0.134 e. The number of aryl methyl sites for hydroxylation is 1. The van der Waals surface area contributed by atoms with E-state index in [-0.39, 0.29) is 0 Å². The fourth-order valence-corrected chi connectivity index (χ4v) is 1.90. The topological polar surface area (TPSA) is 63.8 Å². The number of aromatic nitrogens is 2. The van der Waals surface area contributed by atoms with Crippen LogP contribution < -0.4 is 11.1 Å². The van der Waals surface area contributed by atoms with Crippen LogP contribution in [0, 0.1) is 25.5 Å². The highest BCUT2D eigenvalue weighted by atomic mass is 19.1. The summed E-state index contributed by atoms with van der Waals surface area (Å²) in [4.78, 5) is 8.30. The molecule has 0 radical (unpaired) electrons. The quantitative estimate of drug-likeness (QED) is 0.902. The Morgan fingerprint density at radius 1 is 1.10 bits per heavy atom. The zero-order chi connectivity index (χ0) is 14.7. The van der Waals surface area contributed by atoms with Gasteiger partial charge in [-0.25, -0.2) is 18.7 Å². The molecule has 0 saturated heterocycles. The molecule has 2 rings (SSSR count). The maximum atomic E-state index is 13.1. The second kappa shape index (κ2) is 5.81. The highest BCUT2D eigenvalue weighted by molar-refractivity contribution is 5.54. The fraction of sp³-hybridized carbons (Fsp3) is 0.286. The highest BCUT2D eigenvalue weighted by Crippen LogP contribution is 2.17. The Kier molecular flexibility index (Phi) is 4.12. The molecule has 1 aromatic heterocycles. The number of rotatable bonds is 4. The van der Waals surface area contributed by atoms with E-state index in [4.69, 9.17) is 5.73 Å². The Morgan fingerprint density at radius 2 is 1.75 bits per heavy atom. The van der Waals surface area contributed by atoms with Crippen molar-refractivity contribution in [3.8, 4) is 0 Å². The van der Waals surface area contributed by atoms with Crippen molar-refractivity contribution >= 4 is 11.6 Å². The van der Waals surface area contributed by atoms with Crippen LogP contribution in [0.2, 0.25) is 0 Å². The van der Waals surface area contributed by atoms with Crippen molar-refractivity contribution in [2.24, 2.45) is 0 Å². The van der Waals surface area contributed by atoms with Crippen LogP contribution in [-0.2, 0) is 6.42 Å². The molecule has 0 atom stereocenters. The third-order valence-electron chi connectivity index (χ3n) is 2.92. The van der Waals surface area contributed by atoms with Crippen molar-refractivity contribution in [3.05, 3.63) is 46.8 Å². The third-order valence-corrected chi connectivity index (χ3v) is 2.92. The maximum absolute atomic E-state index is 13.1. The van der Waals surface area contributed by atoms with Crippen LogP contribution in [0.25, 0.3) is 0 Å². The zero-order valence-corrected chi connectivity index (χ0v) is 11.4. The molecule has 4 nitrogen and oxygen atoms in total. The van der Waals surface area contributed by atoms with Crippen LogP contribution in [0.4, 0.5) is 20.4 Å². The molecule has 0 saturated carbocycles.